The number of hydrogen-bond donors (Lipinski definition) is 2. The summed E-state index contributed by atoms with van der Waals surface area (Å²) in [6.45, 7) is 1.20. The fraction of sp³-hybridized carbons (Fsp3) is 0.417. The van der Waals surface area contributed by atoms with E-state index in [2.05, 4.69) is 10.6 Å². The Morgan fingerprint density at radius 1 is 1.09 bits per heavy atom. The van der Waals surface area contributed by atoms with Crippen LogP contribution < -0.4 is 15.5 Å². The maximum atomic E-state index is 13.4. The standard InChI is InChI=1S/C24H29N5O4S/c1-27(2)17-9-7-16(8-10-17)23(32)29-13-12-28(24(33)20-6-4-14-34-20)15-19(29)22(31)26-18-5-3-11-25-21(18)30/h4,6-10,14,18-19H,3,5,11-13,15H2,1-2H3,(H,25,30)(H,26,31)/t18-,19+/m0/s1. The number of anilines is 1. The quantitative estimate of drug-likeness (QED) is 0.665. The Morgan fingerprint density at radius 3 is 2.50 bits per heavy atom. The summed E-state index contributed by atoms with van der Waals surface area (Å²) >= 11 is 1.34. The number of nitrogens with zero attached hydrogens (tertiary/aromatic N) is 3. The highest BCUT2D eigenvalue weighted by molar-refractivity contribution is 7.12. The van der Waals surface area contributed by atoms with Crippen molar-refractivity contribution in [1.82, 2.24) is 20.4 Å². The van der Waals surface area contributed by atoms with Crippen LogP contribution in [-0.4, -0.2) is 85.8 Å². The molecule has 2 aliphatic heterocycles. The molecule has 2 N–H and O–H groups in total. The highest BCUT2D eigenvalue weighted by atomic mass is 32.1. The van der Waals surface area contributed by atoms with Crippen LogP contribution in [0.5, 0.6) is 0 Å². The molecule has 3 heterocycles. The van der Waals surface area contributed by atoms with Gasteiger partial charge in [0.1, 0.15) is 12.1 Å². The van der Waals surface area contributed by atoms with Crippen molar-refractivity contribution in [3.63, 3.8) is 0 Å². The van der Waals surface area contributed by atoms with Gasteiger partial charge in [-0.2, -0.15) is 0 Å². The highest BCUT2D eigenvalue weighted by Crippen LogP contribution is 2.21. The van der Waals surface area contributed by atoms with E-state index in [9.17, 15) is 19.2 Å². The maximum absolute atomic E-state index is 13.4. The van der Waals surface area contributed by atoms with Crippen molar-refractivity contribution in [2.24, 2.45) is 0 Å². The van der Waals surface area contributed by atoms with Gasteiger partial charge in [-0.25, -0.2) is 0 Å². The van der Waals surface area contributed by atoms with Gasteiger partial charge >= 0.3 is 0 Å². The largest absolute Gasteiger partial charge is 0.378 e. The van der Waals surface area contributed by atoms with E-state index < -0.39 is 18.0 Å². The zero-order chi connectivity index (χ0) is 24.2. The van der Waals surface area contributed by atoms with Crippen LogP contribution in [0.15, 0.2) is 41.8 Å². The molecule has 0 radical (unpaired) electrons. The third kappa shape index (κ3) is 5.06. The molecule has 9 nitrogen and oxygen atoms in total. The number of nitrogens with one attached hydrogen (secondary N) is 2. The highest BCUT2D eigenvalue weighted by Gasteiger charge is 2.39. The molecule has 2 saturated heterocycles. The van der Waals surface area contributed by atoms with E-state index in [1.807, 2.05) is 36.5 Å². The number of carbonyl (C=O) groups excluding carboxylic acids is 4. The number of benzene rings is 1. The van der Waals surface area contributed by atoms with Crippen LogP contribution in [0.4, 0.5) is 5.69 Å². The Kier molecular flexibility index (Phi) is 7.16. The summed E-state index contributed by atoms with van der Waals surface area (Å²) in [5, 5.41) is 7.39. The molecule has 0 spiro atoms. The summed E-state index contributed by atoms with van der Waals surface area (Å²) in [4.78, 5) is 57.5. The number of piperidine rings is 1. The predicted octanol–water partition coefficient (Wildman–Crippen LogP) is 1.18. The van der Waals surface area contributed by atoms with Crippen LogP contribution in [0.1, 0.15) is 32.9 Å². The van der Waals surface area contributed by atoms with Gasteiger partial charge in [0.05, 0.1) is 11.4 Å². The lowest BCUT2D eigenvalue weighted by atomic mass is 10.0. The Hall–Kier alpha value is -3.40. The normalized spacial score (nSPS) is 20.5. The molecule has 0 bridgehead atoms. The lowest BCUT2D eigenvalue weighted by Gasteiger charge is -2.41. The lowest BCUT2D eigenvalue weighted by molar-refractivity contribution is -0.133. The summed E-state index contributed by atoms with van der Waals surface area (Å²) in [7, 11) is 3.84. The second-order valence-corrected chi connectivity index (χ2v) is 9.63. The summed E-state index contributed by atoms with van der Waals surface area (Å²) < 4.78 is 0. The minimum absolute atomic E-state index is 0.0679. The van der Waals surface area contributed by atoms with E-state index in [-0.39, 0.29) is 30.8 Å². The van der Waals surface area contributed by atoms with Crippen molar-refractivity contribution in [3.8, 4) is 0 Å². The van der Waals surface area contributed by atoms with Crippen molar-refractivity contribution < 1.29 is 19.2 Å². The molecule has 2 aromatic rings. The fourth-order valence-corrected chi connectivity index (χ4v) is 4.93. The van der Waals surface area contributed by atoms with Crippen molar-refractivity contribution in [3.05, 3.63) is 52.2 Å². The van der Waals surface area contributed by atoms with E-state index in [0.717, 1.165) is 12.1 Å². The topological polar surface area (TPSA) is 102 Å². The number of rotatable bonds is 5. The minimum atomic E-state index is -0.895. The van der Waals surface area contributed by atoms with Crippen molar-refractivity contribution in [2.75, 3.05) is 45.2 Å². The van der Waals surface area contributed by atoms with E-state index in [1.165, 1.54) is 16.2 Å². The molecule has 2 aliphatic rings. The summed E-state index contributed by atoms with van der Waals surface area (Å²) in [6, 6.07) is 9.21. The minimum Gasteiger partial charge on any atom is -0.378 e. The van der Waals surface area contributed by atoms with Crippen LogP contribution in [0.2, 0.25) is 0 Å². The molecule has 10 heteroatoms. The first-order chi connectivity index (χ1) is 16.3. The maximum Gasteiger partial charge on any atom is 0.264 e. The average molecular weight is 484 g/mol. The molecular formula is C24H29N5O4S. The molecule has 4 rings (SSSR count). The van der Waals surface area contributed by atoms with Gasteiger partial charge < -0.3 is 25.3 Å². The molecule has 1 aromatic heterocycles. The van der Waals surface area contributed by atoms with Gasteiger partial charge in [0.2, 0.25) is 11.8 Å². The molecule has 2 atom stereocenters. The van der Waals surface area contributed by atoms with Crippen molar-refractivity contribution >= 4 is 40.7 Å². The Balaban J connectivity index is 1.55. The van der Waals surface area contributed by atoms with Gasteiger partial charge in [0.15, 0.2) is 0 Å². The molecule has 0 saturated carbocycles. The molecule has 4 amide bonds. The van der Waals surface area contributed by atoms with E-state index in [4.69, 9.17) is 0 Å². The van der Waals surface area contributed by atoms with Crippen molar-refractivity contribution in [1.29, 1.82) is 0 Å². The fourth-order valence-electron chi connectivity index (χ4n) is 4.24. The second-order valence-electron chi connectivity index (χ2n) is 8.68. The SMILES string of the molecule is CN(C)c1ccc(C(=O)N2CCN(C(=O)c3cccs3)C[C@@H]2C(=O)N[C@H]2CCCNC2=O)cc1. The predicted molar refractivity (Wildman–Crippen MR) is 130 cm³/mol. The Labute approximate surface area is 202 Å². The molecule has 1 aromatic carbocycles. The number of piperazine rings is 1. The summed E-state index contributed by atoms with van der Waals surface area (Å²) in [6.07, 6.45) is 1.31. The van der Waals surface area contributed by atoms with Gasteiger partial charge in [-0.05, 0) is 48.6 Å². The van der Waals surface area contributed by atoms with Crippen LogP contribution in [0.25, 0.3) is 0 Å². The zero-order valence-corrected chi connectivity index (χ0v) is 20.1. The van der Waals surface area contributed by atoms with Crippen LogP contribution in [0.3, 0.4) is 0 Å². The van der Waals surface area contributed by atoms with Gasteiger partial charge in [-0.15, -0.1) is 11.3 Å². The van der Waals surface area contributed by atoms with Gasteiger partial charge in [-0.1, -0.05) is 6.07 Å². The molecule has 34 heavy (non-hydrogen) atoms. The Morgan fingerprint density at radius 2 is 1.85 bits per heavy atom. The molecule has 0 unspecified atom stereocenters. The van der Waals surface area contributed by atoms with Gasteiger partial charge in [-0.3, -0.25) is 19.2 Å². The van der Waals surface area contributed by atoms with E-state index in [0.29, 0.717) is 30.0 Å². The molecular weight excluding hydrogens is 454 g/mol. The van der Waals surface area contributed by atoms with E-state index in [1.54, 1.807) is 29.2 Å². The average Bonchev–Trinajstić information content (AvgIpc) is 3.39. The smallest absolute Gasteiger partial charge is 0.264 e. The molecule has 180 valence electrons. The Bertz CT molecular complexity index is 1050. The number of thiophene rings is 1. The first-order valence-corrected chi connectivity index (χ1v) is 12.2. The first-order valence-electron chi connectivity index (χ1n) is 11.3. The number of carbonyl (C=O) groups is 4. The third-order valence-electron chi connectivity index (χ3n) is 6.20. The van der Waals surface area contributed by atoms with Gasteiger partial charge in [0, 0.05) is 45.0 Å². The summed E-state index contributed by atoms with van der Waals surface area (Å²) in [5.74, 6) is -1.09. The third-order valence-corrected chi connectivity index (χ3v) is 7.05. The van der Waals surface area contributed by atoms with Crippen LogP contribution in [-0.2, 0) is 9.59 Å². The second kappa shape index (κ2) is 10.3. The summed E-state index contributed by atoms with van der Waals surface area (Å²) in [5.41, 5.74) is 1.43. The van der Waals surface area contributed by atoms with Crippen LogP contribution in [0, 0.1) is 0 Å². The zero-order valence-electron chi connectivity index (χ0n) is 19.3. The number of amides is 4. The van der Waals surface area contributed by atoms with E-state index >= 15 is 0 Å². The van der Waals surface area contributed by atoms with Crippen molar-refractivity contribution in [2.45, 2.75) is 24.9 Å². The number of hydrogen-bond acceptors (Lipinski definition) is 6. The lowest BCUT2D eigenvalue weighted by Crippen LogP contribution is -2.63. The monoisotopic (exact) mass is 483 g/mol. The van der Waals surface area contributed by atoms with Crippen LogP contribution >= 0.6 is 11.3 Å². The van der Waals surface area contributed by atoms with Gasteiger partial charge in [0.25, 0.3) is 11.8 Å². The molecule has 2 fully saturated rings. The molecule has 0 aliphatic carbocycles. The first kappa shape index (κ1) is 23.7.